The molecule has 0 amide bonds. The Bertz CT molecular complexity index is 106. The van der Waals surface area contributed by atoms with Crippen molar-refractivity contribution < 1.29 is 28.9 Å². The Hall–Kier alpha value is 2.15. The lowest BCUT2D eigenvalue weighted by atomic mass is 10.1. The molecule has 0 aromatic heterocycles. The van der Waals surface area contributed by atoms with Crippen LogP contribution in [-0.4, -0.2) is 21.1 Å². The Morgan fingerprint density at radius 1 is 1.27 bits per heavy atom. The Balaban J connectivity index is 0.000001000. The highest BCUT2D eigenvalue weighted by molar-refractivity contribution is 14.1. The number of halogens is 3. The first kappa shape index (κ1) is 13.2. The van der Waals surface area contributed by atoms with Gasteiger partial charge in [-0.3, -0.25) is 0 Å². The standard InChI is InChI=1S/C7H13I2N.HI/c1-5-6(8)3-4-7(9)10(5)2;/h5-7H,3-4H2,1-2H3;1H. The molecule has 1 aliphatic heterocycles. The molecule has 1 nitrogen and oxygen atoms in total. The zero-order chi connectivity index (χ0) is 7.72. The van der Waals surface area contributed by atoms with Crippen LogP contribution < -0.4 is 28.9 Å². The third-order valence-corrected chi connectivity index (χ3v) is 5.76. The smallest absolute Gasteiger partial charge is 0.138 e. The van der Waals surface area contributed by atoms with Gasteiger partial charge in [-0.05, 0) is 35.9 Å². The van der Waals surface area contributed by atoms with E-state index in [0.29, 0.717) is 0 Å². The lowest BCUT2D eigenvalue weighted by Crippen LogP contribution is -3.17. The van der Waals surface area contributed by atoms with Crippen molar-refractivity contribution in [3.05, 3.63) is 0 Å². The van der Waals surface area contributed by atoms with Gasteiger partial charge in [-0.1, -0.05) is 22.6 Å². The highest BCUT2D eigenvalue weighted by Gasteiger charge is 2.32. The maximum atomic E-state index is 2.58. The summed E-state index contributed by atoms with van der Waals surface area (Å²) in [6.45, 7) is 2.36. The van der Waals surface area contributed by atoms with E-state index >= 15 is 0 Å². The summed E-state index contributed by atoms with van der Waals surface area (Å²) in [5, 5.41) is 0. The SMILES string of the molecule is CC1C(I)CCC(I)[NH+]1C.[I-]. The van der Waals surface area contributed by atoms with Crippen LogP contribution in [0.25, 0.3) is 0 Å². The van der Waals surface area contributed by atoms with Crippen LogP contribution in [0.15, 0.2) is 0 Å². The largest absolute Gasteiger partial charge is 1.00 e. The van der Waals surface area contributed by atoms with Crippen molar-refractivity contribution >= 4 is 45.2 Å². The molecule has 0 radical (unpaired) electrons. The van der Waals surface area contributed by atoms with E-state index < -0.39 is 0 Å². The normalized spacial score (nSPS) is 44.7. The summed E-state index contributed by atoms with van der Waals surface area (Å²) in [7, 11) is 2.31. The number of rotatable bonds is 0. The van der Waals surface area contributed by atoms with Gasteiger partial charge < -0.3 is 28.9 Å². The molecule has 4 atom stereocenters. The number of quaternary nitrogens is 1. The first-order valence-corrected chi connectivity index (χ1v) is 6.23. The third kappa shape index (κ3) is 3.41. The van der Waals surface area contributed by atoms with E-state index in [-0.39, 0.29) is 24.0 Å². The van der Waals surface area contributed by atoms with Crippen LogP contribution in [-0.2, 0) is 0 Å². The van der Waals surface area contributed by atoms with E-state index in [9.17, 15) is 0 Å². The summed E-state index contributed by atoms with van der Waals surface area (Å²) in [5.74, 6) is 0. The number of nitrogens with one attached hydrogen (secondary N) is 1. The minimum atomic E-state index is 0. The second kappa shape index (κ2) is 5.79. The number of hydrogen-bond acceptors (Lipinski definition) is 0. The van der Waals surface area contributed by atoms with Crippen LogP contribution in [0.4, 0.5) is 0 Å². The fourth-order valence-corrected chi connectivity index (χ4v) is 3.21. The van der Waals surface area contributed by atoms with Crippen LogP contribution in [0.3, 0.4) is 0 Å². The molecule has 1 rings (SSSR count). The molecule has 0 saturated carbocycles. The average Bonchev–Trinajstić information content (AvgIpc) is 1.93. The molecule has 11 heavy (non-hydrogen) atoms. The minimum Gasteiger partial charge on any atom is -1.00 e. The highest BCUT2D eigenvalue weighted by Crippen LogP contribution is 2.19. The van der Waals surface area contributed by atoms with Crippen LogP contribution in [0.2, 0.25) is 0 Å². The van der Waals surface area contributed by atoms with Crippen molar-refractivity contribution in [3.63, 3.8) is 0 Å². The highest BCUT2D eigenvalue weighted by atomic mass is 127. The zero-order valence-electron chi connectivity index (χ0n) is 6.78. The van der Waals surface area contributed by atoms with E-state index in [0.717, 1.165) is 14.0 Å². The molecule has 0 aromatic carbocycles. The second-order valence-corrected chi connectivity index (χ2v) is 6.20. The quantitative estimate of drug-likeness (QED) is 0.232. The van der Waals surface area contributed by atoms with Crippen molar-refractivity contribution in [2.45, 2.75) is 33.8 Å². The molecule has 1 heterocycles. The van der Waals surface area contributed by atoms with Crippen molar-refractivity contribution in [1.82, 2.24) is 0 Å². The number of alkyl halides is 2. The molecular weight excluding hydrogens is 479 g/mol. The van der Waals surface area contributed by atoms with Crippen molar-refractivity contribution in [2.75, 3.05) is 7.05 Å². The Labute approximate surface area is 113 Å². The second-order valence-electron chi connectivity index (χ2n) is 3.09. The van der Waals surface area contributed by atoms with Crippen LogP contribution in [0, 0.1) is 0 Å². The monoisotopic (exact) mass is 493 g/mol. The topological polar surface area (TPSA) is 4.44 Å². The molecular formula is C7H14I3N. The van der Waals surface area contributed by atoms with Crippen molar-refractivity contribution in [3.8, 4) is 0 Å². The predicted octanol–water partition coefficient (Wildman–Crippen LogP) is -1.75. The summed E-state index contributed by atoms with van der Waals surface area (Å²) in [5.41, 5.74) is 0. The van der Waals surface area contributed by atoms with Crippen LogP contribution >= 0.6 is 45.2 Å². The van der Waals surface area contributed by atoms with Gasteiger partial charge in [-0.2, -0.15) is 0 Å². The molecule has 1 fully saturated rings. The van der Waals surface area contributed by atoms with E-state index in [1.165, 1.54) is 12.8 Å². The molecule has 0 spiro atoms. The molecule has 1 saturated heterocycles. The maximum Gasteiger partial charge on any atom is 0.138 e. The fraction of sp³-hybridized carbons (Fsp3) is 1.00. The Morgan fingerprint density at radius 3 is 2.27 bits per heavy atom. The number of piperidine rings is 1. The molecule has 68 valence electrons. The lowest BCUT2D eigenvalue weighted by molar-refractivity contribution is -0.913. The molecule has 0 aliphatic carbocycles. The molecule has 0 bridgehead atoms. The minimum absolute atomic E-state index is 0. The molecule has 4 heteroatoms. The zero-order valence-corrected chi connectivity index (χ0v) is 13.3. The lowest BCUT2D eigenvalue weighted by Gasteiger charge is -2.34. The Kier molecular flexibility index (Phi) is 6.92. The van der Waals surface area contributed by atoms with E-state index in [1.54, 1.807) is 4.90 Å². The molecule has 4 unspecified atom stereocenters. The van der Waals surface area contributed by atoms with E-state index in [1.807, 2.05) is 0 Å². The summed E-state index contributed by atoms with van der Waals surface area (Å²) in [6, 6.07) is 0.844. The first-order valence-electron chi connectivity index (χ1n) is 3.74. The van der Waals surface area contributed by atoms with Gasteiger partial charge in [0, 0.05) is 6.42 Å². The third-order valence-electron chi connectivity index (χ3n) is 2.45. The molecule has 0 aromatic rings. The molecule has 1 aliphatic rings. The van der Waals surface area contributed by atoms with Gasteiger partial charge in [0.2, 0.25) is 0 Å². The van der Waals surface area contributed by atoms with Gasteiger partial charge in [-0.15, -0.1) is 0 Å². The van der Waals surface area contributed by atoms with Crippen molar-refractivity contribution in [1.29, 1.82) is 0 Å². The van der Waals surface area contributed by atoms with E-state index in [4.69, 9.17) is 0 Å². The summed E-state index contributed by atoms with van der Waals surface area (Å²) in [4.78, 5) is 1.70. The average molecular weight is 493 g/mol. The van der Waals surface area contributed by atoms with Gasteiger partial charge in [0.05, 0.1) is 17.0 Å². The maximum absolute atomic E-state index is 2.58. The first-order chi connectivity index (χ1) is 4.63. The fourth-order valence-electron chi connectivity index (χ4n) is 1.35. The summed E-state index contributed by atoms with van der Waals surface area (Å²) < 4.78 is 1.74. The number of likely N-dealkylation sites (tertiary alicyclic amines) is 1. The van der Waals surface area contributed by atoms with Gasteiger partial charge >= 0.3 is 0 Å². The predicted molar refractivity (Wildman–Crippen MR) is 61.2 cm³/mol. The summed E-state index contributed by atoms with van der Waals surface area (Å²) in [6.07, 6.45) is 2.80. The molecule has 1 N–H and O–H groups in total. The van der Waals surface area contributed by atoms with Crippen molar-refractivity contribution in [2.24, 2.45) is 0 Å². The van der Waals surface area contributed by atoms with Gasteiger partial charge in [0.1, 0.15) is 4.05 Å². The van der Waals surface area contributed by atoms with Gasteiger partial charge in [0.15, 0.2) is 0 Å². The van der Waals surface area contributed by atoms with Gasteiger partial charge in [-0.25, -0.2) is 0 Å². The van der Waals surface area contributed by atoms with Crippen LogP contribution in [0.5, 0.6) is 0 Å². The van der Waals surface area contributed by atoms with Crippen LogP contribution in [0.1, 0.15) is 19.8 Å². The Morgan fingerprint density at radius 2 is 1.82 bits per heavy atom. The number of hydrogen-bond donors (Lipinski definition) is 1. The van der Waals surface area contributed by atoms with Gasteiger partial charge in [0.25, 0.3) is 0 Å². The summed E-state index contributed by atoms with van der Waals surface area (Å²) >= 11 is 5.15. The van der Waals surface area contributed by atoms with E-state index in [2.05, 4.69) is 59.2 Å².